The van der Waals surface area contributed by atoms with Crippen LogP contribution < -0.4 is 11.1 Å². The predicted molar refractivity (Wildman–Crippen MR) is 111 cm³/mol. The van der Waals surface area contributed by atoms with E-state index < -0.39 is 5.91 Å². The molecule has 0 unspecified atom stereocenters. The Bertz CT molecular complexity index is 1400. The van der Waals surface area contributed by atoms with Crippen LogP contribution in [0, 0.1) is 0 Å². The summed E-state index contributed by atoms with van der Waals surface area (Å²) in [6.07, 6.45) is 1.52. The lowest BCUT2D eigenvalue weighted by Crippen LogP contribution is -2.19. The zero-order valence-corrected chi connectivity index (χ0v) is 16.5. The van der Waals surface area contributed by atoms with E-state index in [9.17, 15) is 4.79 Å². The van der Waals surface area contributed by atoms with Gasteiger partial charge in [0.25, 0.3) is 5.91 Å². The Hall–Kier alpha value is -3.92. The Labute approximate surface area is 174 Å². The summed E-state index contributed by atoms with van der Waals surface area (Å²) in [5, 5.41) is 12.6. The molecule has 0 bridgehead atoms. The van der Waals surface area contributed by atoms with Gasteiger partial charge in [0, 0.05) is 17.3 Å². The molecule has 0 spiro atoms. The minimum atomic E-state index is -0.496. The summed E-state index contributed by atoms with van der Waals surface area (Å²) >= 11 is 6.01. The highest BCUT2D eigenvalue weighted by Crippen LogP contribution is 2.27. The number of hydrogen-bond acceptors (Lipinski definition) is 7. The van der Waals surface area contributed by atoms with E-state index in [0.717, 1.165) is 0 Å². The molecule has 0 aliphatic heterocycles. The Kier molecular flexibility index (Phi) is 4.14. The van der Waals surface area contributed by atoms with Crippen molar-refractivity contribution in [1.29, 1.82) is 0 Å². The maximum Gasteiger partial charge on any atom is 0.293 e. The molecule has 0 fully saturated rings. The van der Waals surface area contributed by atoms with Gasteiger partial charge in [0.15, 0.2) is 17.1 Å². The lowest BCUT2D eigenvalue weighted by Gasteiger charge is -2.06. The number of carbonyl (C=O) groups excluding carboxylic acids is 1. The number of aromatic nitrogens is 6. The number of furan rings is 1. The highest BCUT2D eigenvalue weighted by molar-refractivity contribution is 6.31. The topological polar surface area (TPSA) is 129 Å². The number of rotatable bonds is 4. The molecule has 1 amide bonds. The maximum atomic E-state index is 13.0. The molecule has 5 aromatic rings. The van der Waals surface area contributed by atoms with Crippen molar-refractivity contribution in [2.75, 3.05) is 11.1 Å². The number of nitrogens with two attached hydrogens (primary N) is 1. The Morgan fingerprint density at radius 3 is 2.83 bits per heavy atom. The van der Waals surface area contributed by atoms with Crippen LogP contribution in [0.15, 0.2) is 47.1 Å². The molecule has 30 heavy (non-hydrogen) atoms. The third kappa shape index (κ3) is 2.85. The van der Waals surface area contributed by atoms with Crippen molar-refractivity contribution in [3.8, 4) is 11.6 Å². The fourth-order valence-corrected chi connectivity index (χ4v) is 3.37. The standard InChI is InChI=1S/C19H15ClN8O2/c1-2-27-14(21)13-16(25-27)24-18(19(29)22-11-6-3-5-10(20)9-11)28-17(13)23-15(26-28)12-7-4-8-30-12/h3-9H,2,21H2,1H3,(H,22,29). The lowest BCUT2D eigenvalue weighted by molar-refractivity contribution is 0.101. The van der Waals surface area contributed by atoms with E-state index in [1.807, 2.05) is 6.92 Å². The average molecular weight is 423 g/mol. The summed E-state index contributed by atoms with van der Waals surface area (Å²) < 4.78 is 8.34. The molecule has 11 heteroatoms. The normalized spacial score (nSPS) is 11.4. The molecule has 0 atom stereocenters. The highest BCUT2D eigenvalue weighted by Gasteiger charge is 2.24. The van der Waals surface area contributed by atoms with Crippen LogP contribution in [-0.2, 0) is 6.54 Å². The number of nitrogens with one attached hydrogen (secondary N) is 1. The molecule has 0 aliphatic rings. The van der Waals surface area contributed by atoms with Gasteiger partial charge in [-0.2, -0.15) is 9.61 Å². The molecule has 3 N–H and O–H groups in total. The van der Waals surface area contributed by atoms with Crippen molar-refractivity contribution < 1.29 is 9.21 Å². The first kappa shape index (κ1) is 18.1. The van der Waals surface area contributed by atoms with Crippen molar-refractivity contribution in [2.24, 2.45) is 0 Å². The first-order valence-corrected chi connectivity index (χ1v) is 9.46. The number of nitrogens with zero attached hydrogens (tertiary/aromatic N) is 6. The zero-order valence-electron chi connectivity index (χ0n) is 15.7. The monoisotopic (exact) mass is 422 g/mol. The number of anilines is 2. The number of halogens is 1. The molecule has 4 heterocycles. The van der Waals surface area contributed by atoms with Crippen molar-refractivity contribution in [3.05, 3.63) is 53.5 Å². The first-order chi connectivity index (χ1) is 14.5. The van der Waals surface area contributed by atoms with E-state index in [0.29, 0.717) is 51.3 Å². The Morgan fingerprint density at radius 2 is 2.10 bits per heavy atom. The van der Waals surface area contributed by atoms with Crippen molar-refractivity contribution in [2.45, 2.75) is 13.5 Å². The second kappa shape index (κ2) is 6.85. The lowest BCUT2D eigenvalue weighted by atomic mass is 10.3. The van der Waals surface area contributed by atoms with Crippen LogP contribution in [0.4, 0.5) is 11.5 Å². The minimum absolute atomic E-state index is 0.00327. The number of amides is 1. The van der Waals surface area contributed by atoms with E-state index in [1.165, 1.54) is 10.8 Å². The summed E-state index contributed by atoms with van der Waals surface area (Å²) in [4.78, 5) is 22.0. The average Bonchev–Trinajstić information content (AvgIpc) is 3.45. The molecule has 0 saturated heterocycles. The van der Waals surface area contributed by atoms with E-state index in [-0.39, 0.29) is 5.82 Å². The van der Waals surface area contributed by atoms with Crippen LogP contribution in [0.2, 0.25) is 5.02 Å². The Balaban J connectivity index is 1.72. The van der Waals surface area contributed by atoms with Crippen LogP contribution in [-0.4, -0.2) is 35.3 Å². The number of hydrogen-bond donors (Lipinski definition) is 2. The van der Waals surface area contributed by atoms with Gasteiger partial charge < -0.3 is 15.5 Å². The summed E-state index contributed by atoms with van der Waals surface area (Å²) in [6, 6.07) is 10.3. The summed E-state index contributed by atoms with van der Waals surface area (Å²) in [5.41, 5.74) is 7.43. The number of aryl methyl sites for hydroxylation is 1. The zero-order chi connectivity index (χ0) is 20.8. The SMILES string of the molecule is CCn1nc2nc(C(=O)Nc3cccc(Cl)c3)n3nc(-c4ccco4)nc3c2c1N. The smallest absolute Gasteiger partial charge is 0.293 e. The second-order valence-corrected chi connectivity index (χ2v) is 6.88. The number of carbonyl (C=O) groups is 1. The van der Waals surface area contributed by atoms with E-state index in [1.54, 1.807) is 41.1 Å². The van der Waals surface area contributed by atoms with Gasteiger partial charge in [-0.25, -0.2) is 14.6 Å². The van der Waals surface area contributed by atoms with Crippen molar-refractivity contribution in [3.63, 3.8) is 0 Å². The molecular weight excluding hydrogens is 408 g/mol. The number of nitrogen functional groups attached to an aromatic ring is 1. The number of benzene rings is 1. The highest BCUT2D eigenvalue weighted by atomic mass is 35.5. The molecule has 0 aliphatic carbocycles. The second-order valence-electron chi connectivity index (χ2n) is 6.45. The fourth-order valence-electron chi connectivity index (χ4n) is 3.18. The van der Waals surface area contributed by atoms with Gasteiger partial charge in [-0.15, -0.1) is 5.10 Å². The fraction of sp³-hybridized carbons (Fsp3) is 0.105. The third-order valence-electron chi connectivity index (χ3n) is 4.54. The van der Waals surface area contributed by atoms with Gasteiger partial charge in [0.2, 0.25) is 11.6 Å². The molecular formula is C19H15ClN8O2. The van der Waals surface area contributed by atoms with Crippen LogP contribution >= 0.6 is 11.6 Å². The van der Waals surface area contributed by atoms with E-state index >= 15 is 0 Å². The molecule has 1 aromatic carbocycles. The van der Waals surface area contributed by atoms with Gasteiger partial charge >= 0.3 is 0 Å². The molecule has 0 saturated carbocycles. The van der Waals surface area contributed by atoms with Crippen molar-refractivity contribution in [1.82, 2.24) is 29.4 Å². The predicted octanol–water partition coefficient (Wildman–Crippen LogP) is 3.24. The molecule has 0 radical (unpaired) electrons. The van der Waals surface area contributed by atoms with Crippen LogP contribution in [0.1, 0.15) is 17.5 Å². The summed E-state index contributed by atoms with van der Waals surface area (Å²) in [7, 11) is 0. The largest absolute Gasteiger partial charge is 0.461 e. The quantitative estimate of drug-likeness (QED) is 0.454. The minimum Gasteiger partial charge on any atom is -0.461 e. The van der Waals surface area contributed by atoms with E-state index in [4.69, 9.17) is 21.8 Å². The molecule has 5 rings (SSSR count). The van der Waals surface area contributed by atoms with Crippen LogP contribution in [0.5, 0.6) is 0 Å². The molecule has 150 valence electrons. The maximum absolute atomic E-state index is 13.0. The summed E-state index contributed by atoms with van der Waals surface area (Å²) in [5.74, 6) is 0.655. The summed E-state index contributed by atoms with van der Waals surface area (Å²) in [6.45, 7) is 2.45. The molecule has 10 nitrogen and oxygen atoms in total. The van der Waals surface area contributed by atoms with Gasteiger partial charge in [0.05, 0.1) is 6.26 Å². The van der Waals surface area contributed by atoms with Crippen molar-refractivity contribution >= 4 is 45.7 Å². The Morgan fingerprint density at radius 1 is 1.23 bits per heavy atom. The number of fused-ring (bicyclic) bond motifs is 3. The van der Waals surface area contributed by atoms with Gasteiger partial charge in [0.1, 0.15) is 11.2 Å². The molecule has 4 aromatic heterocycles. The van der Waals surface area contributed by atoms with E-state index in [2.05, 4.69) is 25.5 Å². The van der Waals surface area contributed by atoms with Gasteiger partial charge in [-0.3, -0.25) is 4.79 Å². The first-order valence-electron chi connectivity index (χ1n) is 9.08. The van der Waals surface area contributed by atoms with Crippen LogP contribution in [0.3, 0.4) is 0 Å². The van der Waals surface area contributed by atoms with Gasteiger partial charge in [-0.1, -0.05) is 17.7 Å². The third-order valence-corrected chi connectivity index (χ3v) is 4.78. The van der Waals surface area contributed by atoms with Crippen LogP contribution in [0.25, 0.3) is 28.3 Å². The van der Waals surface area contributed by atoms with Gasteiger partial charge in [-0.05, 0) is 37.3 Å².